The minimum absolute atomic E-state index is 0.0473. The van der Waals surface area contributed by atoms with Gasteiger partial charge in [0.1, 0.15) is 0 Å². The summed E-state index contributed by atoms with van der Waals surface area (Å²) in [4.78, 5) is 14.6. The van der Waals surface area contributed by atoms with E-state index in [1.54, 1.807) is 23.0 Å². The Morgan fingerprint density at radius 2 is 2.06 bits per heavy atom. The van der Waals surface area contributed by atoms with Crippen LogP contribution in [-0.2, 0) is 11.3 Å². The lowest BCUT2D eigenvalue weighted by molar-refractivity contribution is -0.137. The van der Waals surface area contributed by atoms with Crippen molar-refractivity contribution in [3.8, 4) is 0 Å². The van der Waals surface area contributed by atoms with Gasteiger partial charge in [0, 0.05) is 6.54 Å². The Hall–Kier alpha value is -1.26. The van der Waals surface area contributed by atoms with Crippen molar-refractivity contribution in [2.45, 2.75) is 13.0 Å². The standard InChI is InChI=1S/C10H8Cl2N2O2/c11-6-3-8-9(4-7(6)12)14(5-13-8)2-1-10(15)16/h3-5H,1-2H2,(H,15,16). The van der Waals surface area contributed by atoms with E-state index in [1.807, 2.05) is 0 Å². The molecule has 16 heavy (non-hydrogen) atoms. The fraction of sp³-hybridized carbons (Fsp3) is 0.200. The van der Waals surface area contributed by atoms with E-state index in [1.165, 1.54) is 0 Å². The monoisotopic (exact) mass is 258 g/mol. The molecule has 1 aromatic carbocycles. The number of aryl methyl sites for hydroxylation is 1. The predicted molar refractivity (Wildman–Crippen MR) is 62.0 cm³/mol. The molecule has 1 aromatic heterocycles. The van der Waals surface area contributed by atoms with Crippen molar-refractivity contribution >= 4 is 40.2 Å². The van der Waals surface area contributed by atoms with Gasteiger partial charge in [-0.1, -0.05) is 23.2 Å². The minimum Gasteiger partial charge on any atom is -0.481 e. The molecule has 6 heteroatoms. The second kappa shape index (κ2) is 4.31. The van der Waals surface area contributed by atoms with E-state index in [0.717, 1.165) is 5.52 Å². The van der Waals surface area contributed by atoms with Crippen LogP contribution < -0.4 is 0 Å². The Morgan fingerprint density at radius 1 is 1.38 bits per heavy atom. The predicted octanol–water partition coefficient (Wildman–Crippen LogP) is 2.82. The number of rotatable bonds is 3. The lowest BCUT2D eigenvalue weighted by Crippen LogP contribution is -2.03. The summed E-state index contributed by atoms with van der Waals surface area (Å²) in [5.41, 5.74) is 1.50. The van der Waals surface area contributed by atoms with Crippen LogP contribution in [0.5, 0.6) is 0 Å². The number of carboxylic acids is 1. The van der Waals surface area contributed by atoms with E-state index in [-0.39, 0.29) is 6.42 Å². The van der Waals surface area contributed by atoms with Gasteiger partial charge < -0.3 is 9.67 Å². The summed E-state index contributed by atoms with van der Waals surface area (Å²) in [5, 5.41) is 9.48. The Balaban J connectivity index is 2.40. The number of fused-ring (bicyclic) bond motifs is 1. The van der Waals surface area contributed by atoms with Crippen molar-refractivity contribution in [3.63, 3.8) is 0 Å². The van der Waals surface area contributed by atoms with Crippen LogP contribution >= 0.6 is 23.2 Å². The number of aliphatic carboxylic acids is 1. The first-order valence-electron chi connectivity index (χ1n) is 4.59. The van der Waals surface area contributed by atoms with E-state index in [0.29, 0.717) is 22.1 Å². The Morgan fingerprint density at radius 3 is 2.75 bits per heavy atom. The number of hydrogen-bond donors (Lipinski definition) is 1. The van der Waals surface area contributed by atoms with Gasteiger partial charge in [-0.05, 0) is 12.1 Å². The molecule has 0 atom stereocenters. The van der Waals surface area contributed by atoms with Crippen LogP contribution in [0.2, 0.25) is 10.0 Å². The average Bonchev–Trinajstić information content (AvgIpc) is 2.58. The molecule has 0 aliphatic carbocycles. The normalized spacial score (nSPS) is 10.9. The quantitative estimate of drug-likeness (QED) is 0.921. The van der Waals surface area contributed by atoms with Gasteiger partial charge in [0.2, 0.25) is 0 Å². The largest absolute Gasteiger partial charge is 0.481 e. The van der Waals surface area contributed by atoms with Crippen LogP contribution in [0.15, 0.2) is 18.5 Å². The summed E-state index contributed by atoms with van der Waals surface area (Å²) in [6.07, 6.45) is 1.63. The molecule has 0 saturated heterocycles. The number of benzene rings is 1. The third-order valence-electron chi connectivity index (χ3n) is 2.23. The summed E-state index contributed by atoms with van der Waals surface area (Å²) >= 11 is 11.7. The third kappa shape index (κ3) is 2.13. The van der Waals surface area contributed by atoms with E-state index in [4.69, 9.17) is 28.3 Å². The van der Waals surface area contributed by atoms with E-state index in [9.17, 15) is 4.79 Å². The first kappa shape index (κ1) is 11.2. The van der Waals surface area contributed by atoms with E-state index >= 15 is 0 Å². The zero-order valence-corrected chi connectivity index (χ0v) is 9.66. The summed E-state index contributed by atoms with van der Waals surface area (Å²) in [5.74, 6) is -0.845. The minimum atomic E-state index is -0.845. The van der Waals surface area contributed by atoms with Crippen molar-refractivity contribution < 1.29 is 9.90 Å². The van der Waals surface area contributed by atoms with Crippen LogP contribution in [0.3, 0.4) is 0 Å². The summed E-state index contributed by atoms with van der Waals surface area (Å²) in [6, 6.07) is 3.35. The fourth-order valence-corrected chi connectivity index (χ4v) is 1.76. The van der Waals surface area contributed by atoms with Gasteiger partial charge in [-0.15, -0.1) is 0 Å². The first-order chi connectivity index (χ1) is 7.58. The zero-order chi connectivity index (χ0) is 11.7. The van der Waals surface area contributed by atoms with Crippen LogP contribution in [0.4, 0.5) is 0 Å². The van der Waals surface area contributed by atoms with Gasteiger partial charge in [-0.2, -0.15) is 0 Å². The molecule has 0 radical (unpaired) electrons. The molecule has 0 spiro atoms. The molecule has 1 N–H and O–H groups in total. The number of carbonyl (C=O) groups is 1. The van der Waals surface area contributed by atoms with E-state index in [2.05, 4.69) is 4.98 Å². The highest BCUT2D eigenvalue weighted by Crippen LogP contribution is 2.27. The molecule has 0 bridgehead atoms. The van der Waals surface area contributed by atoms with Crippen LogP contribution in [0, 0.1) is 0 Å². The number of aromatic nitrogens is 2. The number of halogens is 2. The molecule has 0 aliphatic rings. The molecule has 4 nitrogen and oxygen atoms in total. The average molecular weight is 259 g/mol. The molecule has 1 heterocycles. The summed E-state index contributed by atoms with van der Waals surface area (Å²) < 4.78 is 1.74. The maximum atomic E-state index is 10.5. The lowest BCUT2D eigenvalue weighted by atomic mass is 10.3. The molecule has 0 unspecified atom stereocenters. The number of carboxylic acid groups (broad SMARTS) is 1. The van der Waals surface area contributed by atoms with Crippen LogP contribution in [0.1, 0.15) is 6.42 Å². The summed E-state index contributed by atoms with van der Waals surface area (Å²) in [6.45, 7) is 0.365. The van der Waals surface area contributed by atoms with Crippen LogP contribution in [0.25, 0.3) is 11.0 Å². The second-order valence-electron chi connectivity index (χ2n) is 3.34. The van der Waals surface area contributed by atoms with Crippen molar-refractivity contribution in [2.75, 3.05) is 0 Å². The van der Waals surface area contributed by atoms with Crippen molar-refractivity contribution in [2.24, 2.45) is 0 Å². The van der Waals surface area contributed by atoms with Gasteiger partial charge in [0.15, 0.2) is 0 Å². The molecule has 0 aliphatic heterocycles. The van der Waals surface area contributed by atoms with Gasteiger partial charge in [-0.25, -0.2) is 4.98 Å². The second-order valence-corrected chi connectivity index (χ2v) is 4.15. The van der Waals surface area contributed by atoms with Gasteiger partial charge in [0.25, 0.3) is 0 Å². The SMILES string of the molecule is O=C(O)CCn1cnc2cc(Cl)c(Cl)cc21. The highest BCUT2D eigenvalue weighted by molar-refractivity contribution is 6.42. The Bertz CT molecular complexity index is 551. The van der Waals surface area contributed by atoms with Gasteiger partial charge >= 0.3 is 5.97 Å². The number of hydrogen-bond acceptors (Lipinski definition) is 2. The van der Waals surface area contributed by atoms with Gasteiger partial charge in [0.05, 0.1) is 33.8 Å². The molecule has 84 valence electrons. The first-order valence-corrected chi connectivity index (χ1v) is 5.35. The fourth-order valence-electron chi connectivity index (χ4n) is 1.45. The summed E-state index contributed by atoms with van der Waals surface area (Å²) in [7, 11) is 0. The Labute approximate surface area is 101 Å². The number of nitrogens with zero attached hydrogens (tertiary/aromatic N) is 2. The number of imidazole rings is 1. The van der Waals surface area contributed by atoms with E-state index < -0.39 is 5.97 Å². The molecule has 0 amide bonds. The van der Waals surface area contributed by atoms with Crippen molar-refractivity contribution in [1.82, 2.24) is 9.55 Å². The molecule has 2 aromatic rings. The van der Waals surface area contributed by atoms with Crippen molar-refractivity contribution in [1.29, 1.82) is 0 Å². The maximum absolute atomic E-state index is 10.5. The van der Waals surface area contributed by atoms with Gasteiger partial charge in [-0.3, -0.25) is 4.79 Å². The van der Waals surface area contributed by atoms with Crippen LogP contribution in [-0.4, -0.2) is 20.6 Å². The molecular weight excluding hydrogens is 251 g/mol. The zero-order valence-electron chi connectivity index (χ0n) is 8.15. The maximum Gasteiger partial charge on any atom is 0.305 e. The molecule has 0 saturated carbocycles. The Kier molecular flexibility index (Phi) is 3.03. The lowest BCUT2D eigenvalue weighted by Gasteiger charge is -2.02. The highest BCUT2D eigenvalue weighted by atomic mass is 35.5. The third-order valence-corrected chi connectivity index (χ3v) is 2.95. The molecular formula is C10H8Cl2N2O2. The molecule has 0 fully saturated rings. The highest BCUT2D eigenvalue weighted by Gasteiger charge is 2.07. The van der Waals surface area contributed by atoms with Crippen molar-refractivity contribution in [3.05, 3.63) is 28.5 Å². The molecule has 2 rings (SSSR count). The smallest absolute Gasteiger partial charge is 0.305 e. The topological polar surface area (TPSA) is 55.1 Å².